The molecule has 16 heavy (non-hydrogen) atoms. The van der Waals surface area contributed by atoms with Crippen LogP contribution in [0.3, 0.4) is 0 Å². The molecule has 2 nitrogen and oxygen atoms in total. The van der Waals surface area contributed by atoms with Crippen molar-refractivity contribution >= 4 is 15.9 Å². The molecule has 0 heterocycles. The lowest BCUT2D eigenvalue weighted by Crippen LogP contribution is -2.12. The van der Waals surface area contributed by atoms with Gasteiger partial charge in [-0.3, -0.25) is 0 Å². The van der Waals surface area contributed by atoms with Crippen LogP contribution in [0.25, 0.3) is 0 Å². The van der Waals surface area contributed by atoms with Crippen LogP contribution in [-0.2, 0) is 0 Å². The zero-order valence-corrected chi connectivity index (χ0v) is 11.5. The molecule has 0 aromatic heterocycles. The quantitative estimate of drug-likeness (QED) is 0.764. The van der Waals surface area contributed by atoms with E-state index in [0.29, 0.717) is 10.7 Å². The minimum atomic E-state index is 0.378. The van der Waals surface area contributed by atoms with E-state index >= 15 is 0 Å². The van der Waals surface area contributed by atoms with Gasteiger partial charge in [0, 0.05) is 16.0 Å². The second-order valence-corrected chi connectivity index (χ2v) is 5.35. The summed E-state index contributed by atoms with van der Waals surface area (Å²) >= 11 is 3.73. The molecule has 0 amide bonds. The molecule has 0 bridgehead atoms. The third kappa shape index (κ3) is 1.81. The first-order valence-electron chi connectivity index (χ1n) is 5.57. The molecular weight excluding hydrogens is 268 g/mol. The largest absolute Gasteiger partial charge is 0.496 e. The normalized spacial score (nSPS) is 23.8. The fraction of sp³-hybridized carbons (Fsp3) is 0.538. The molecule has 3 heteroatoms. The van der Waals surface area contributed by atoms with Gasteiger partial charge in [0.05, 0.1) is 14.2 Å². The number of halogens is 1. The Labute approximate surface area is 105 Å². The van der Waals surface area contributed by atoms with Gasteiger partial charge < -0.3 is 9.47 Å². The number of hydrogen-bond donors (Lipinski definition) is 0. The maximum atomic E-state index is 5.45. The number of alkyl halides is 1. The van der Waals surface area contributed by atoms with E-state index in [4.69, 9.17) is 9.47 Å². The lowest BCUT2D eigenvalue weighted by atomic mass is 9.82. The van der Waals surface area contributed by atoms with E-state index in [1.807, 2.05) is 12.1 Å². The summed E-state index contributed by atoms with van der Waals surface area (Å²) in [5.41, 5.74) is 2.57. The second-order valence-electron chi connectivity index (χ2n) is 4.24. The molecule has 0 spiro atoms. The SMILES string of the molecule is COc1ccc(OC)c2c1C(C)CCC2Br. The third-order valence-corrected chi connectivity index (χ3v) is 4.22. The van der Waals surface area contributed by atoms with Crippen molar-refractivity contribution in [3.05, 3.63) is 23.3 Å². The fourth-order valence-corrected chi connectivity index (χ4v) is 3.21. The van der Waals surface area contributed by atoms with Crippen molar-refractivity contribution in [1.82, 2.24) is 0 Å². The average Bonchev–Trinajstić information content (AvgIpc) is 2.32. The number of fused-ring (bicyclic) bond motifs is 1. The van der Waals surface area contributed by atoms with E-state index in [0.717, 1.165) is 17.9 Å². The predicted octanol–water partition coefficient (Wildman–Crippen LogP) is 4.04. The van der Waals surface area contributed by atoms with Crippen molar-refractivity contribution in [2.24, 2.45) is 0 Å². The Balaban J connectivity index is 2.63. The van der Waals surface area contributed by atoms with Gasteiger partial charge in [0.1, 0.15) is 11.5 Å². The Morgan fingerprint density at radius 1 is 1.06 bits per heavy atom. The molecule has 1 aromatic rings. The van der Waals surface area contributed by atoms with Crippen molar-refractivity contribution in [3.8, 4) is 11.5 Å². The molecule has 1 aromatic carbocycles. The summed E-state index contributed by atoms with van der Waals surface area (Å²) in [5, 5.41) is 0. The summed E-state index contributed by atoms with van der Waals surface area (Å²) in [6, 6.07) is 3.99. The van der Waals surface area contributed by atoms with Gasteiger partial charge >= 0.3 is 0 Å². The maximum absolute atomic E-state index is 5.45. The summed E-state index contributed by atoms with van der Waals surface area (Å²) < 4.78 is 10.9. The lowest BCUT2D eigenvalue weighted by Gasteiger charge is -2.29. The van der Waals surface area contributed by atoms with E-state index < -0.39 is 0 Å². The molecule has 88 valence electrons. The minimum Gasteiger partial charge on any atom is -0.496 e. The summed E-state index contributed by atoms with van der Waals surface area (Å²) in [4.78, 5) is 0.378. The van der Waals surface area contributed by atoms with E-state index in [9.17, 15) is 0 Å². The Morgan fingerprint density at radius 2 is 1.62 bits per heavy atom. The lowest BCUT2D eigenvalue weighted by molar-refractivity contribution is 0.383. The molecule has 0 N–H and O–H groups in total. The van der Waals surface area contributed by atoms with Crippen LogP contribution >= 0.6 is 15.9 Å². The molecule has 0 saturated heterocycles. The van der Waals surface area contributed by atoms with E-state index in [1.165, 1.54) is 17.5 Å². The number of ether oxygens (including phenoxy) is 2. The van der Waals surface area contributed by atoms with Gasteiger partial charge in [-0.1, -0.05) is 22.9 Å². The van der Waals surface area contributed by atoms with Crippen molar-refractivity contribution in [1.29, 1.82) is 0 Å². The highest BCUT2D eigenvalue weighted by Gasteiger charge is 2.29. The van der Waals surface area contributed by atoms with Gasteiger partial charge in [0.2, 0.25) is 0 Å². The minimum absolute atomic E-state index is 0.378. The van der Waals surface area contributed by atoms with Crippen molar-refractivity contribution in [2.75, 3.05) is 14.2 Å². The van der Waals surface area contributed by atoms with Crippen LogP contribution in [0, 0.1) is 0 Å². The second kappa shape index (κ2) is 4.66. The summed E-state index contributed by atoms with van der Waals surface area (Å²) in [6.45, 7) is 2.25. The molecular formula is C13H17BrO2. The number of hydrogen-bond acceptors (Lipinski definition) is 2. The molecule has 2 unspecified atom stereocenters. The molecule has 0 aliphatic heterocycles. The smallest absolute Gasteiger partial charge is 0.123 e. The van der Waals surface area contributed by atoms with Crippen LogP contribution in [0.2, 0.25) is 0 Å². The molecule has 1 aliphatic rings. The standard InChI is InChI=1S/C13H17BrO2/c1-8-4-5-9(14)13-11(16-3)7-6-10(15-2)12(8)13/h6-9H,4-5H2,1-3H3. The van der Waals surface area contributed by atoms with Gasteiger partial charge in [-0.15, -0.1) is 0 Å². The highest BCUT2D eigenvalue weighted by atomic mass is 79.9. The summed E-state index contributed by atoms with van der Waals surface area (Å²) in [5.74, 6) is 2.48. The zero-order valence-electron chi connectivity index (χ0n) is 9.92. The highest BCUT2D eigenvalue weighted by molar-refractivity contribution is 9.09. The summed E-state index contributed by atoms with van der Waals surface area (Å²) in [7, 11) is 3.45. The van der Waals surface area contributed by atoms with Gasteiger partial charge in [0.25, 0.3) is 0 Å². The van der Waals surface area contributed by atoms with Gasteiger partial charge in [0.15, 0.2) is 0 Å². The van der Waals surface area contributed by atoms with Crippen molar-refractivity contribution in [3.63, 3.8) is 0 Å². The number of rotatable bonds is 2. The highest BCUT2D eigenvalue weighted by Crippen LogP contribution is 2.49. The van der Waals surface area contributed by atoms with Gasteiger partial charge in [-0.25, -0.2) is 0 Å². The predicted molar refractivity (Wildman–Crippen MR) is 68.9 cm³/mol. The Hall–Kier alpha value is -0.700. The Bertz CT molecular complexity index is 353. The molecule has 0 fully saturated rings. The first-order valence-corrected chi connectivity index (χ1v) is 6.49. The molecule has 2 rings (SSSR count). The Morgan fingerprint density at radius 3 is 2.19 bits per heavy atom. The van der Waals surface area contributed by atoms with E-state index in [1.54, 1.807) is 14.2 Å². The monoisotopic (exact) mass is 284 g/mol. The van der Waals surface area contributed by atoms with Crippen LogP contribution < -0.4 is 9.47 Å². The van der Waals surface area contributed by atoms with Crippen LogP contribution in [0.15, 0.2) is 12.1 Å². The van der Waals surface area contributed by atoms with Gasteiger partial charge in [-0.2, -0.15) is 0 Å². The van der Waals surface area contributed by atoms with Crippen LogP contribution in [0.5, 0.6) is 11.5 Å². The number of methoxy groups -OCH3 is 2. The van der Waals surface area contributed by atoms with Crippen LogP contribution in [0.4, 0.5) is 0 Å². The van der Waals surface area contributed by atoms with Crippen LogP contribution in [0.1, 0.15) is 41.6 Å². The number of benzene rings is 1. The van der Waals surface area contributed by atoms with E-state index in [2.05, 4.69) is 22.9 Å². The van der Waals surface area contributed by atoms with Crippen molar-refractivity contribution < 1.29 is 9.47 Å². The van der Waals surface area contributed by atoms with E-state index in [-0.39, 0.29) is 0 Å². The summed E-state index contributed by atoms with van der Waals surface area (Å²) in [6.07, 6.45) is 2.34. The third-order valence-electron chi connectivity index (χ3n) is 3.31. The molecule has 0 saturated carbocycles. The van der Waals surface area contributed by atoms with Crippen molar-refractivity contribution in [2.45, 2.75) is 30.5 Å². The maximum Gasteiger partial charge on any atom is 0.123 e. The first kappa shape index (κ1) is 11.8. The molecule has 1 aliphatic carbocycles. The van der Waals surface area contributed by atoms with Crippen LogP contribution in [-0.4, -0.2) is 14.2 Å². The topological polar surface area (TPSA) is 18.5 Å². The first-order chi connectivity index (χ1) is 7.69. The molecule has 2 atom stereocenters. The zero-order chi connectivity index (χ0) is 11.7. The van der Waals surface area contributed by atoms with Gasteiger partial charge in [-0.05, 0) is 30.9 Å². The molecule has 0 radical (unpaired) electrons. The Kier molecular flexibility index (Phi) is 3.43. The fourth-order valence-electron chi connectivity index (χ4n) is 2.47. The average molecular weight is 285 g/mol.